The number of fused-ring (bicyclic) bond motifs is 2. The molecule has 0 amide bonds. The highest BCUT2D eigenvalue weighted by Crippen LogP contribution is 2.50. The summed E-state index contributed by atoms with van der Waals surface area (Å²) in [4.78, 5) is 10.2. The number of aromatic nitrogens is 3. The van der Waals surface area contributed by atoms with E-state index in [0.717, 1.165) is 35.1 Å². The molecule has 5 nitrogen and oxygen atoms in total. The van der Waals surface area contributed by atoms with Gasteiger partial charge in [0, 0.05) is 40.9 Å². The molecular formula is C31H27F4N3O2. The molecule has 206 valence electrons. The Bertz CT molecular complexity index is 1770. The molecule has 1 atom stereocenters. The molecule has 0 radical (unpaired) electrons. The molecule has 3 heterocycles. The zero-order valence-electron chi connectivity index (χ0n) is 22.4. The fourth-order valence-corrected chi connectivity index (χ4v) is 5.77. The van der Waals surface area contributed by atoms with Gasteiger partial charge in [-0.25, -0.2) is 18.2 Å². The topological polar surface area (TPSA) is 62.9 Å². The summed E-state index contributed by atoms with van der Waals surface area (Å²) in [5.74, 6) is -4.39. The van der Waals surface area contributed by atoms with Gasteiger partial charge in [-0.3, -0.25) is 0 Å². The fourth-order valence-electron chi connectivity index (χ4n) is 5.77. The Morgan fingerprint density at radius 3 is 2.58 bits per heavy atom. The van der Waals surface area contributed by atoms with E-state index in [1.54, 1.807) is 6.20 Å². The third-order valence-corrected chi connectivity index (χ3v) is 7.61. The maximum atomic E-state index is 15.0. The lowest BCUT2D eigenvalue weighted by Gasteiger charge is -2.44. The monoisotopic (exact) mass is 549 g/mol. The van der Waals surface area contributed by atoms with Crippen molar-refractivity contribution < 1.29 is 27.0 Å². The molecule has 5 aromatic rings. The summed E-state index contributed by atoms with van der Waals surface area (Å²) in [7, 11) is 0. The molecule has 0 bridgehead atoms. The van der Waals surface area contributed by atoms with Crippen LogP contribution in [0.2, 0.25) is 0 Å². The van der Waals surface area contributed by atoms with Crippen LogP contribution in [0.25, 0.3) is 22.3 Å². The number of ether oxygens (including phenoxy) is 2. The van der Waals surface area contributed by atoms with Crippen LogP contribution in [0.1, 0.15) is 50.9 Å². The van der Waals surface area contributed by atoms with Crippen molar-refractivity contribution in [3.63, 3.8) is 0 Å². The van der Waals surface area contributed by atoms with Crippen molar-refractivity contribution in [3.8, 4) is 28.6 Å². The van der Waals surface area contributed by atoms with Gasteiger partial charge < -0.3 is 19.4 Å². The van der Waals surface area contributed by atoms with Gasteiger partial charge in [0.05, 0.1) is 11.1 Å². The average Bonchev–Trinajstić information content (AvgIpc) is 3.61. The van der Waals surface area contributed by atoms with Gasteiger partial charge >= 0.3 is 0 Å². The summed E-state index contributed by atoms with van der Waals surface area (Å²) in [6.45, 7) is 8.24. The second-order valence-corrected chi connectivity index (χ2v) is 10.9. The quantitative estimate of drug-likeness (QED) is 0.171. The standard InChI is InChI=1S/C31H27F4N3O2/c1-5-16-7-6-8-20-27(16)40-30(2,3)15-31(20,4)22-14-37-29(38-22)19-13-17(9-10-21(19)32)39-28-23(33)18-11-12-36-26(18)24(34)25(28)35/h6-14,36H,5,15H2,1-4H3,(H,37,38). The van der Waals surface area contributed by atoms with E-state index in [1.165, 1.54) is 24.4 Å². The Kier molecular flexibility index (Phi) is 5.94. The Labute approximate surface area is 228 Å². The number of nitrogens with zero attached hydrogens (tertiary/aromatic N) is 1. The highest BCUT2D eigenvalue weighted by atomic mass is 19.2. The minimum atomic E-state index is -1.49. The van der Waals surface area contributed by atoms with Crippen LogP contribution in [-0.4, -0.2) is 20.6 Å². The molecule has 2 N–H and O–H groups in total. The van der Waals surface area contributed by atoms with Crippen LogP contribution >= 0.6 is 0 Å². The van der Waals surface area contributed by atoms with Crippen molar-refractivity contribution in [1.82, 2.24) is 15.0 Å². The van der Waals surface area contributed by atoms with Crippen LogP contribution in [0.15, 0.2) is 54.9 Å². The molecule has 0 fully saturated rings. The highest BCUT2D eigenvalue weighted by molar-refractivity contribution is 5.82. The Hall–Kier alpha value is -4.27. The van der Waals surface area contributed by atoms with Crippen molar-refractivity contribution in [2.24, 2.45) is 0 Å². The van der Waals surface area contributed by atoms with Gasteiger partial charge in [-0.1, -0.05) is 25.1 Å². The summed E-state index contributed by atoms with van der Waals surface area (Å²) in [6.07, 6.45) is 4.41. The maximum absolute atomic E-state index is 15.0. The number of hydrogen-bond donors (Lipinski definition) is 2. The van der Waals surface area contributed by atoms with E-state index in [1.807, 2.05) is 32.0 Å². The van der Waals surface area contributed by atoms with Crippen LogP contribution < -0.4 is 9.47 Å². The van der Waals surface area contributed by atoms with Crippen LogP contribution in [0, 0.1) is 23.3 Å². The molecule has 40 heavy (non-hydrogen) atoms. The molecule has 3 aromatic carbocycles. The highest BCUT2D eigenvalue weighted by Gasteiger charge is 2.45. The van der Waals surface area contributed by atoms with Gasteiger partial charge in [0.2, 0.25) is 11.6 Å². The second kappa shape index (κ2) is 9.15. The fraction of sp³-hybridized carbons (Fsp3) is 0.258. The van der Waals surface area contributed by atoms with Crippen LogP contribution in [0.5, 0.6) is 17.2 Å². The SMILES string of the molecule is CCc1cccc2c1OC(C)(C)CC2(C)c1cnc(-c2cc(Oc3c(F)c(F)c4[nH]ccc4c3F)ccc2F)[nH]1. The number of rotatable bonds is 5. The van der Waals surface area contributed by atoms with E-state index in [2.05, 4.69) is 28.8 Å². The maximum Gasteiger partial charge on any atom is 0.206 e. The minimum Gasteiger partial charge on any atom is -0.487 e. The first kappa shape index (κ1) is 26.0. The van der Waals surface area contributed by atoms with Gasteiger partial charge in [-0.2, -0.15) is 4.39 Å². The summed E-state index contributed by atoms with van der Waals surface area (Å²) in [5.41, 5.74) is 1.60. The molecule has 1 aliphatic rings. The van der Waals surface area contributed by atoms with Crippen LogP contribution in [-0.2, 0) is 11.8 Å². The number of H-pyrrole nitrogens is 2. The minimum absolute atomic E-state index is 0.0326. The molecule has 0 saturated heterocycles. The van der Waals surface area contributed by atoms with Crippen molar-refractivity contribution in [3.05, 3.63) is 94.9 Å². The number of benzene rings is 3. The average molecular weight is 550 g/mol. The van der Waals surface area contributed by atoms with E-state index in [-0.39, 0.29) is 28.0 Å². The van der Waals surface area contributed by atoms with E-state index >= 15 is 4.39 Å². The molecular weight excluding hydrogens is 522 g/mol. The first-order valence-corrected chi connectivity index (χ1v) is 13.0. The van der Waals surface area contributed by atoms with Crippen LogP contribution in [0.4, 0.5) is 17.6 Å². The van der Waals surface area contributed by atoms with Gasteiger partial charge in [-0.15, -0.1) is 0 Å². The predicted octanol–water partition coefficient (Wildman–Crippen LogP) is 8.34. The normalized spacial score (nSPS) is 18.0. The Morgan fingerprint density at radius 2 is 1.80 bits per heavy atom. The van der Waals surface area contributed by atoms with Crippen molar-refractivity contribution in [1.29, 1.82) is 0 Å². The third-order valence-electron chi connectivity index (χ3n) is 7.61. The Morgan fingerprint density at radius 1 is 1.00 bits per heavy atom. The molecule has 2 aromatic heterocycles. The lowest BCUT2D eigenvalue weighted by molar-refractivity contribution is 0.0563. The number of aryl methyl sites for hydroxylation is 1. The van der Waals surface area contributed by atoms with Gasteiger partial charge in [-0.05, 0) is 57.0 Å². The lowest BCUT2D eigenvalue weighted by Crippen LogP contribution is -2.44. The predicted molar refractivity (Wildman–Crippen MR) is 144 cm³/mol. The molecule has 0 spiro atoms. The smallest absolute Gasteiger partial charge is 0.206 e. The zero-order valence-corrected chi connectivity index (χ0v) is 22.4. The zero-order chi connectivity index (χ0) is 28.4. The molecule has 1 aliphatic heterocycles. The molecule has 0 saturated carbocycles. The molecule has 0 aliphatic carbocycles. The number of halogens is 4. The van der Waals surface area contributed by atoms with Crippen molar-refractivity contribution >= 4 is 10.9 Å². The first-order chi connectivity index (χ1) is 19.0. The number of para-hydroxylation sites is 1. The van der Waals surface area contributed by atoms with Crippen molar-refractivity contribution in [2.45, 2.75) is 51.6 Å². The van der Waals surface area contributed by atoms with E-state index < -0.39 is 40.0 Å². The molecule has 9 heteroatoms. The van der Waals surface area contributed by atoms with Crippen LogP contribution in [0.3, 0.4) is 0 Å². The second-order valence-electron chi connectivity index (χ2n) is 10.9. The Balaban J connectivity index is 1.39. The van der Waals surface area contributed by atoms with Crippen molar-refractivity contribution in [2.75, 3.05) is 0 Å². The first-order valence-electron chi connectivity index (χ1n) is 13.0. The van der Waals surface area contributed by atoms with E-state index in [9.17, 15) is 13.2 Å². The number of hydrogen-bond acceptors (Lipinski definition) is 3. The van der Waals surface area contributed by atoms with Gasteiger partial charge in [0.1, 0.15) is 28.7 Å². The van der Waals surface area contributed by atoms with Gasteiger partial charge in [0.25, 0.3) is 0 Å². The number of imidazole rings is 1. The van der Waals surface area contributed by atoms with Gasteiger partial charge in [0.15, 0.2) is 11.6 Å². The molecule has 1 unspecified atom stereocenters. The summed E-state index contributed by atoms with van der Waals surface area (Å²) in [5, 5.41) is -0.161. The third kappa shape index (κ3) is 4.03. The number of aromatic amines is 2. The summed E-state index contributed by atoms with van der Waals surface area (Å²) >= 11 is 0. The largest absolute Gasteiger partial charge is 0.487 e. The summed E-state index contributed by atoms with van der Waals surface area (Å²) < 4.78 is 71.0. The van der Waals surface area contributed by atoms with E-state index in [4.69, 9.17) is 9.47 Å². The summed E-state index contributed by atoms with van der Waals surface area (Å²) in [6, 6.07) is 11.0. The number of nitrogens with one attached hydrogen (secondary N) is 2. The van der Waals surface area contributed by atoms with E-state index in [0.29, 0.717) is 6.42 Å². The molecule has 6 rings (SSSR count). The lowest BCUT2D eigenvalue weighted by atomic mass is 9.69.